The highest BCUT2D eigenvalue weighted by molar-refractivity contribution is 9.08. The maximum Gasteiger partial charge on any atom is 0.0441 e. The average Bonchev–Trinajstić information content (AvgIpc) is 2.39. The molecule has 2 rings (SSSR count). The van der Waals surface area contributed by atoms with Crippen molar-refractivity contribution in [1.29, 1.82) is 0 Å². The summed E-state index contributed by atoms with van der Waals surface area (Å²) in [4.78, 5) is 0. The van der Waals surface area contributed by atoms with E-state index in [1.165, 1.54) is 22.3 Å². The summed E-state index contributed by atoms with van der Waals surface area (Å²) in [5.74, 6) is 0. The summed E-state index contributed by atoms with van der Waals surface area (Å²) in [6.45, 7) is 2.11. The van der Waals surface area contributed by atoms with Gasteiger partial charge in [-0.05, 0) is 52.9 Å². The Kier molecular flexibility index (Phi) is 4.71. The summed E-state index contributed by atoms with van der Waals surface area (Å²) in [6, 6.07) is 12.1. The molecule has 0 amide bonds. The normalized spacial score (nSPS) is 10.7. The summed E-state index contributed by atoms with van der Waals surface area (Å²) < 4.78 is 0. The van der Waals surface area contributed by atoms with E-state index < -0.39 is 0 Å². The van der Waals surface area contributed by atoms with Crippen LogP contribution in [0.2, 0.25) is 10.0 Å². The van der Waals surface area contributed by atoms with E-state index in [2.05, 4.69) is 28.9 Å². The molecule has 0 saturated carbocycles. The van der Waals surface area contributed by atoms with Gasteiger partial charge in [0.05, 0.1) is 0 Å². The van der Waals surface area contributed by atoms with E-state index in [1.807, 2.05) is 30.3 Å². The van der Waals surface area contributed by atoms with Crippen molar-refractivity contribution in [2.75, 3.05) is 0 Å². The molecule has 94 valence electrons. The Morgan fingerprint density at radius 1 is 1.00 bits per heavy atom. The molecule has 0 nitrogen and oxygen atoms in total. The second-order valence-electron chi connectivity index (χ2n) is 4.09. The number of benzene rings is 2. The molecule has 18 heavy (non-hydrogen) atoms. The fourth-order valence-electron chi connectivity index (χ4n) is 1.94. The van der Waals surface area contributed by atoms with E-state index >= 15 is 0 Å². The van der Waals surface area contributed by atoms with Crippen LogP contribution in [0.15, 0.2) is 36.4 Å². The third kappa shape index (κ3) is 2.90. The molecule has 0 heterocycles. The second kappa shape index (κ2) is 6.10. The quantitative estimate of drug-likeness (QED) is 0.589. The van der Waals surface area contributed by atoms with Crippen LogP contribution in [0.3, 0.4) is 0 Å². The molecule has 2 aromatic rings. The van der Waals surface area contributed by atoms with Crippen molar-refractivity contribution < 1.29 is 0 Å². The highest BCUT2D eigenvalue weighted by Crippen LogP contribution is 2.31. The number of rotatable bonds is 3. The molecule has 0 radical (unpaired) electrons. The third-order valence-electron chi connectivity index (χ3n) is 2.95. The van der Waals surface area contributed by atoms with Crippen molar-refractivity contribution in [2.45, 2.75) is 18.7 Å². The van der Waals surface area contributed by atoms with Gasteiger partial charge in [-0.15, -0.1) is 0 Å². The van der Waals surface area contributed by atoms with Crippen molar-refractivity contribution in [3.05, 3.63) is 57.6 Å². The lowest BCUT2D eigenvalue weighted by molar-refractivity contribution is 1.14. The molecule has 0 aromatic heterocycles. The Balaban J connectivity index is 2.57. The van der Waals surface area contributed by atoms with E-state index in [0.29, 0.717) is 0 Å². The number of hydrogen-bond acceptors (Lipinski definition) is 0. The van der Waals surface area contributed by atoms with Gasteiger partial charge in [0, 0.05) is 15.4 Å². The van der Waals surface area contributed by atoms with Crippen molar-refractivity contribution in [2.24, 2.45) is 0 Å². The molecule has 0 bridgehead atoms. The van der Waals surface area contributed by atoms with Crippen LogP contribution < -0.4 is 0 Å². The molecule has 0 saturated heterocycles. The molecule has 0 fully saturated rings. The van der Waals surface area contributed by atoms with Crippen LogP contribution in [0.5, 0.6) is 0 Å². The molecule has 0 unspecified atom stereocenters. The van der Waals surface area contributed by atoms with Gasteiger partial charge in [-0.3, -0.25) is 0 Å². The predicted molar refractivity (Wildman–Crippen MR) is 83.9 cm³/mol. The maximum absolute atomic E-state index is 6.25. The summed E-state index contributed by atoms with van der Waals surface area (Å²) in [6.07, 6.45) is 0.933. The van der Waals surface area contributed by atoms with Gasteiger partial charge in [0.25, 0.3) is 0 Å². The van der Waals surface area contributed by atoms with Crippen molar-refractivity contribution in [3.63, 3.8) is 0 Å². The summed E-state index contributed by atoms with van der Waals surface area (Å²) in [5.41, 5.74) is 4.75. The van der Waals surface area contributed by atoms with Gasteiger partial charge in [0.1, 0.15) is 0 Å². The average molecular weight is 344 g/mol. The third-order valence-corrected chi connectivity index (χ3v) is 4.16. The van der Waals surface area contributed by atoms with E-state index in [0.717, 1.165) is 21.8 Å². The van der Waals surface area contributed by atoms with Crippen LogP contribution in [-0.4, -0.2) is 0 Å². The molecule has 2 aromatic carbocycles. The predicted octanol–water partition coefficient (Wildman–Crippen LogP) is 6.12. The van der Waals surface area contributed by atoms with Gasteiger partial charge in [-0.25, -0.2) is 0 Å². The van der Waals surface area contributed by atoms with E-state index in [9.17, 15) is 0 Å². The number of hydrogen-bond donors (Lipinski definition) is 0. The topological polar surface area (TPSA) is 0 Å². The van der Waals surface area contributed by atoms with Crippen molar-refractivity contribution >= 4 is 39.1 Å². The summed E-state index contributed by atoms with van der Waals surface area (Å²) >= 11 is 15.7. The smallest absolute Gasteiger partial charge is 0.0441 e. The minimum Gasteiger partial charge on any atom is -0.0876 e. The number of alkyl halides is 1. The molecule has 0 atom stereocenters. The monoisotopic (exact) mass is 342 g/mol. The Labute approximate surface area is 126 Å². The molecular formula is C15H13BrCl2. The highest BCUT2D eigenvalue weighted by Gasteiger charge is 2.09. The molecule has 0 aliphatic carbocycles. The van der Waals surface area contributed by atoms with Gasteiger partial charge in [-0.2, -0.15) is 0 Å². The fourth-order valence-corrected chi connectivity index (χ4v) is 2.85. The maximum atomic E-state index is 6.25. The van der Waals surface area contributed by atoms with Gasteiger partial charge >= 0.3 is 0 Å². The molecule has 3 heteroatoms. The minimum atomic E-state index is 0.754. The Morgan fingerprint density at radius 3 is 2.22 bits per heavy atom. The zero-order valence-electron chi connectivity index (χ0n) is 10.0. The van der Waals surface area contributed by atoms with Crippen molar-refractivity contribution in [1.82, 2.24) is 0 Å². The zero-order valence-corrected chi connectivity index (χ0v) is 13.1. The lowest BCUT2D eigenvalue weighted by Gasteiger charge is -2.12. The first-order chi connectivity index (χ1) is 8.65. The van der Waals surface area contributed by atoms with E-state index in [4.69, 9.17) is 23.2 Å². The first-order valence-electron chi connectivity index (χ1n) is 5.79. The van der Waals surface area contributed by atoms with Crippen molar-refractivity contribution in [3.8, 4) is 11.1 Å². The van der Waals surface area contributed by atoms with Gasteiger partial charge in [0.15, 0.2) is 0 Å². The molecule has 0 N–H and O–H groups in total. The minimum absolute atomic E-state index is 0.754. The standard InChI is InChI=1S/C15H13BrCl2/c1-2-10-7-14(12(9-16)8-15(10)18)11-3-5-13(17)6-4-11/h3-8H,2,9H2,1H3. The lowest BCUT2D eigenvalue weighted by atomic mass is 9.97. The zero-order chi connectivity index (χ0) is 13.1. The Morgan fingerprint density at radius 2 is 1.67 bits per heavy atom. The van der Waals surface area contributed by atoms with Gasteiger partial charge in [0.2, 0.25) is 0 Å². The Hall–Kier alpha value is -0.500. The van der Waals surface area contributed by atoms with Gasteiger partial charge in [-0.1, -0.05) is 58.2 Å². The Bertz CT molecular complexity index is 547. The summed E-state index contributed by atoms with van der Waals surface area (Å²) in [5, 5.41) is 2.38. The van der Waals surface area contributed by atoms with E-state index in [-0.39, 0.29) is 0 Å². The number of aryl methyl sites for hydroxylation is 1. The molecular weight excluding hydrogens is 331 g/mol. The largest absolute Gasteiger partial charge is 0.0876 e. The van der Waals surface area contributed by atoms with Crippen LogP contribution in [-0.2, 0) is 11.8 Å². The SMILES string of the molecule is CCc1cc(-c2ccc(Cl)cc2)c(CBr)cc1Cl. The van der Waals surface area contributed by atoms with Crippen LogP contribution in [0, 0.1) is 0 Å². The molecule has 0 aliphatic rings. The lowest BCUT2D eigenvalue weighted by Crippen LogP contribution is -1.91. The first-order valence-corrected chi connectivity index (χ1v) is 7.66. The molecule has 0 aliphatic heterocycles. The van der Waals surface area contributed by atoms with Crippen LogP contribution in [0.25, 0.3) is 11.1 Å². The van der Waals surface area contributed by atoms with Crippen LogP contribution in [0.1, 0.15) is 18.1 Å². The summed E-state index contributed by atoms with van der Waals surface area (Å²) in [7, 11) is 0. The fraction of sp³-hybridized carbons (Fsp3) is 0.200. The highest BCUT2D eigenvalue weighted by atomic mass is 79.9. The van der Waals surface area contributed by atoms with E-state index in [1.54, 1.807) is 0 Å². The van der Waals surface area contributed by atoms with Crippen LogP contribution >= 0.6 is 39.1 Å². The molecule has 0 spiro atoms. The van der Waals surface area contributed by atoms with Crippen LogP contribution in [0.4, 0.5) is 0 Å². The first kappa shape index (κ1) is 13.9. The second-order valence-corrected chi connectivity index (χ2v) is 5.50. The van der Waals surface area contributed by atoms with Gasteiger partial charge < -0.3 is 0 Å². The number of halogens is 3.